The van der Waals surface area contributed by atoms with E-state index < -0.39 is 0 Å². The van der Waals surface area contributed by atoms with Crippen molar-refractivity contribution in [3.63, 3.8) is 0 Å². The molecule has 0 unspecified atom stereocenters. The summed E-state index contributed by atoms with van der Waals surface area (Å²) in [5.41, 5.74) is 2.47. The molecule has 1 aliphatic carbocycles. The first-order chi connectivity index (χ1) is 14.2. The van der Waals surface area contributed by atoms with Crippen molar-refractivity contribution in [2.24, 2.45) is 5.92 Å². The molecule has 0 aliphatic heterocycles. The Morgan fingerprint density at radius 3 is 2.76 bits per heavy atom. The van der Waals surface area contributed by atoms with E-state index in [1.54, 1.807) is 18.9 Å². The van der Waals surface area contributed by atoms with Gasteiger partial charge in [-0.1, -0.05) is 30.3 Å². The molecule has 6 heteroatoms. The van der Waals surface area contributed by atoms with Crippen LogP contribution in [0.25, 0.3) is 15.8 Å². The number of hydrogen-bond acceptors (Lipinski definition) is 5. The third-order valence-electron chi connectivity index (χ3n) is 4.90. The zero-order chi connectivity index (χ0) is 20.6. The Morgan fingerprint density at radius 1 is 1.28 bits per heavy atom. The summed E-state index contributed by atoms with van der Waals surface area (Å²) in [6, 6.07) is 7.75. The number of benzene rings is 1. The number of nitrogens with one attached hydrogen (secondary N) is 1. The fourth-order valence-corrected chi connectivity index (χ4v) is 3.73. The summed E-state index contributed by atoms with van der Waals surface area (Å²) in [7, 11) is 1.65. The largest absolute Gasteiger partial charge is 0.490 e. The monoisotopic (exact) mass is 412 g/mol. The molecule has 0 saturated heterocycles. The predicted molar refractivity (Wildman–Crippen MR) is 121 cm³/mol. The average molecular weight is 413 g/mol. The molecule has 1 fully saturated rings. The number of carbonyl (C=O) groups is 1. The molecule has 1 aliphatic rings. The van der Waals surface area contributed by atoms with Crippen molar-refractivity contribution >= 4 is 39.2 Å². The molecule has 1 aromatic carbocycles. The Labute approximate surface area is 176 Å². The van der Waals surface area contributed by atoms with Crippen molar-refractivity contribution in [3.05, 3.63) is 47.5 Å². The summed E-state index contributed by atoms with van der Waals surface area (Å²) in [6.45, 7) is 4.94. The van der Waals surface area contributed by atoms with Gasteiger partial charge in [0.2, 0.25) is 5.91 Å². The normalized spacial score (nSPS) is 14.9. The molecular weight excluding hydrogens is 384 g/mol. The Morgan fingerprint density at radius 2 is 2.10 bits per heavy atom. The van der Waals surface area contributed by atoms with Gasteiger partial charge in [-0.05, 0) is 50.3 Å². The molecule has 1 aromatic heterocycles. The number of rotatable bonds is 9. The van der Waals surface area contributed by atoms with Crippen molar-refractivity contribution < 1.29 is 14.3 Å². The first-order valence-electron chi connectivity index (χ1n) is 9.98. The van der Waals surface area contributed by atoms with E-state index >= 15 is 0 Å². The van der Waals surface area contributed by atoms with E-state index in [4.69, 9.17) is 14.5 Å². The van der Waals surface area contributed by atoms with Crippen LogP contribution in [0, 0.1) is 5.92 Å². The van der Waals surface area contributed by atoms with Gasteiger partial charge >= 0.3 is 0 Å². The Hall–Kier alpha value is -2.31. The molecule has 2 aromatic rings. The second-order valence-electron chi connectivity index (χ2n) is 6.94. The smallest absolute Gasteiger partial charge is 0.227 e. The van der Waals surface area contributed by atoms with Crippen LogP contribution in [0.1, 0.15) is 38.8 Å². The number of nitrogens with zero attached hydrogens (tertiary/aromatic N) is 1. The minimum absolute atomic E-state index is 0.0981. The minimum atomic E-state index is 0.0981. The van der Waals surface area contributed by atoms with Crippen molar-refractivity contribution in [3.8, 4) is 5.75 Å². The predicted octanol–water partition coefficient (Wildman–Crippen LogP) is 5.63. The lowest BCUT2D eigenvalue weighted by molar-refractivity contribution is -0.122. The van der Waals surface area contributed by atoms with E-state index in [2.05, 4.69) is 5.32 Å². The van der Waals surface area contributed by atoms with E-state index in [-0.39, 0.29) is 11.8 Å². The highest BCUT2D eigenvalue weighted by molar-refractivity contribution is 8.10. The molecule has 0 radical (unpaired) electrons. The van der Waals surface area contributed by atoms with E-state index in [0.717, 1.165) is 52.2 Å². The molecule has 1 N–H and O–H groups in total. The molecule has 5 nitrogen and oxygen atoms in total. The quantitative estimate of drug-likeness (QED) is 0.541. The highest BCUT2D eigenvalue weighted by Crippen LogP contribution is 2.35. The summed E-state index contributed by atoms with van der Waals surface area (Å²) in [4.78, 5) is 18.2. The lowest BCUT2D eigenvalue weighted by Crippen LogP contribution is -2.27. The molecule has 29 heavy (non-hydrogen) atoms. The number of allylic oxidation sites excluding steroid dienone is 2. The summed E-state index contributed by atoms with van der Waals surface area (Å²) >= 11 is 1.62. The van der Waals surface area contributed by atoms with Crippen LogP contribution in [-0.4, -0.2) is 31.2 Å². The van der Waals surface area contributed by atoms with Crippen LogP contribution in [0.4, 0.5) is 5.69 Å². The van der Waals surface area contributed by atoms with Crippen LogP contribution >= 0.6 is 11.8 Å². The summed E-state index contributed by atoms with van der Waals surface area (Å²) in [5, 5.41) is 5.95. The number of carbonyl (C=O) groups excluding carboxylic acids is 1. The number of aromatic nitrogens is 1. The van der Waals surface area contributed by atoms with Gasteiger partial charge in [0.25, 0.3) is 0 Å². The fourth-order valence-electron chi connectivity index (χ4n) is 3.09. The first kappa shape index (κ1) is 21.4. The zero-order valence-electron chi connectivity index (χ0n) is 17.2. The Balaban J connectivity index is 1.95. The van der Waals surface area contributed by atoms with Gasteiger partial charge in [-0.2, -0.15) is 0 Å². The second-order valence-corrected chi connectivity index (χ2v) is 7.88. The lowest BCUT2D eigenvalue weighted by atomic mass is 9.85. The number of thioether (sulfide) groups is 1. The number of anilines is 1. The molecule has 1 saturated carbocycles. The molecular formula is C23H28N2O3S. The number of amides is 1. The number of hydrogen-bond donors (Lipinski definition) is 1. The van der Waals surface area contributed by atoms with Gasteiger partial charge in [0, 0.05) is 35.1 Å². The Kier molecular flexibility index (Phi) is 7.72. The van der Waals surface area contributed by atoms with Crippen LogP contribution in [0.5, 0.6) is 5.75 Å². The molecule has 154 valence electrons. The highest BCUT2D eigenvalue weighted by Gasteiger charge is 2.25. The maximum absolute atomic E-state index is 12.3. The van der Waals surface area contributed by atoms with Gasteiger partial charge in [0.15, 0.2) is 0 Å². The molecule has 0 bridgehead atoms. The van der Waals surface area contributed by atoms with E-state index in [9.17, 15) is 4.79 Å². The zero-order valence-corrected chi connectivity index (χ0v) is 18.1. The molecule has 1 heterocycles. The first-order valence-corrected chi connectivity index (χ1v) is 10.9. The molecule has 1 amide bonds. The van der Waals surface area contributed by atoms with Crippen LogP contribution in [-0.2, 0) is 9.53 Å². The van der Waals surface area contributed by atoms with Crippen LogP contribution in [0.3, 0.4) is 0 Å². The van der Waals surface area contributed by atoms with Crippen molar-refractivity contribution in [1.82, 2.24) is 4.98 Å². The summed E-state index contributed by atoms with van der Waals surface area (Å²) in [5.74, 6) is 0.979. The topological polar surface area (TPSA) is 60.5 Å². The SMILES string of the molecule is C/C=C\S/C(=C\C)c1cc(OCCOC)c2cc(NC(=O)C3CCC3)ccc2n1. The fraction of sp³-hybridized carbons (Fsp3) is 0.391. The van der Waals surface area contributed by atoms with Crippen LogP contribution in [0.15, 0.2) is 41.8 Å². The van der Waals surface area contributed by atoms with Gasteiger partial charge in [-0.15, -0.1) is 0 Å². The third-order valence-corrected chi connectivity index (χ3v) is 6.01. The van der Waals surface area contributed by atoms with Crippen LogP contribution < -0.4 is 10.1 Å². The highest BCUT2D eigenvalue weighted by atomic mass is 32.2. The number of fused-ring (bicyclic) bond motifs is 1. The lowest BCUT2D eigenvalue weighted by Gasteiger charge is -2.24. The summed E-state index contributed by atoms with van der Waals surface area (Å²) < 4.78 is 11.1. The summed E-state index contributed by atoms with van der Waals surface area (Å²) in [6.07, 6.45) is 7.14. The minimum Gasteiger partial charge on any atom is -0.490 e. The van der Waals surface area contributed by atoms with Gasteiger partial charge < -0.3 is 14.8 Å². The average Bonchev–Trinajstić information content (AvgIpc) is 2.67. The van der Waals surface area contributed by atoms with Crippen molar-refractivity contribution in [2.75, 3.05) is 25.6 Å². The van der Waals surface area contributed by atoms with Crippen LogP contribution in [0.2, 0.25) is 0 Å². The van der Waals surface area contributed by atoms with E-state index in [1.165, 1.54) is 0 Å². The van der Waals surface area contributed by atoms with E-state index in [1.807, 2.05) is 55.7 Å². The number of ether oxygens (including phenoxy) is 2. The van der Waals surface area contributed by atoms with Crippen molar-refractivity contribution in [1.29, 1.82) is 0 Å². The van der Waals surface area contributed by atoms with Gasteiger partial charge in [-0.25, -0.2) is 4.98 Å². The molecule has 0 atom stereocenters. The van der Waals surface area contributed by atoms with Crippen molar-refractivity contribution in [2.45, 2.75) is 33.1 Å². The number of pyridine rings is 1. The van der Waals surface area contributed by atoms with E-state index in [0.29, 0.717) is 13.2 Å². The second kappa shape index (κ2) is 10.5. The molecule has 0 spiro atoms. The van der Waals surface area contributed by atoms with Gasteiger partial charge in [-0.3, -0.25) is 4.79 Å². The van der Waals surface area contributed by atoms with Gasteiger partial charge in [0.1, 0.15) is 12.4 Å². The number of methoxy groups -OCH3 is 1. The molecule has 3 rings (SSSR count). The standard InChI is InChI=1S/C23H28N2O3S/c1-4-13-29-22(5-2)20-15-21(28-12-11-27-3)18-14-17(9-10-19(18)25-20)24-23(26)16-7-6-8-16/h4-5,9-10,13-16H,6-8,11-12H2,1-3H3,(H,24,26)/b13-4-,22-5-. The van der Waals surface area contributed by atoms with Gasteiger partial charge in [0.05, 0.1) is 17.8 Å². The Bertz CT molecular complexity index is 920. The maximum Gasteiger partial charge on any atom is 0.227 e. The third kappa shape index (κ3) is 5.40. The maximum atomic E-state index is 12.3.